The first kappa shape index (κ1) is 13.4. The van der Waals surface area contributed by atoms with Crippen molar-refractivity contribution in [2.75, 3.05) is 26.5 Å². The Morgan fingerprint density at radius 3 is 2.55 bits per heavy atom. The highest BCUT2D eigenvalue weighted by atomic mass is 16.3. The van der Waals surface area contributed by atoms with E-state index in [1.54, 1.807) is 14.7 Å². The quantitative estimate of drug-likeness (QED) is 0.549. The molecule has 3 aliphatic rings. The molecule has 0 aliphatic carbocycles. The van der Waals surface area contributed by atoms with Crippen LogP contribution >= 0.6 is 0 Å². The zero-order chi connectivity index (χ0) is 14.7. The molecule has 8 nitrogen and oxygen atoms in total. The van der Waals surface area contributed by atoms with Gasteiger partial charge >= 0.3 is 12.1 Å². The average Bonchev–Trinajstić information content (AvgIpc) is 2.79. The first-order chi connectivity index (χ1) is 9.34. The third-order valence-corrected chi connectivity index (χ3v) is 4.16. The molecule has 0 spiro atoms. The minimum Gasteiger partial charge on any atom is -0.391 e. The summed E-state index contributed by atoms with van der Waals surface area (Å²) in [6, 6.07) is -0.186. The Balaban J connectivity index is 1.93. The minimum atomic E-state index is -0.348. The number of rotatable bonds is 2. The zero-order valence-corrected chi connectivity index (χ0v) is 12.1. The molecular weight excluding hydrogens is 262 g/mol. The largest absolute Gasteiger partial charge is 0.391 e. The molecule has 0 radical (unpaired) electrons. The molecule has 4 amide bonds. The molecule has 0 saturated carbocycles. The molecule has 0 aromatic rings. The fraction of sp³-hybridized carbons (Fsp3) is 0.833. The summed E-state index contributed by atoms with van der Waals surface area (Å²) in [6.45, 7) is 7.53. The SMILES string of the molecule is CC(C)(C)N1C(=O)N2C[NH+](CCO)CN3C(=O)N[C@H]1[C@@H]32. The number of hydrogen-bond acceptors (Lipinski definition) is 3. The molecule has 20 heavy (non-hydrogen) atoms. The van der Waals surface area contributed by atoms with Gasteiger partial charge in [-0.15, -0.1) is 0 Å². The Morgan fingerprint density at radius 2 is 1.95 bits per heavy atom. The maximum atomic E-state index is 12.6. The topological polar surface area (TPSA) is 80.6 Å². The van der Waals surface area contributed by atoms with Crippen molar-refractivity contribution in [3.63, 3.8) is 0 Å². The van der Waals surface area contributed by atoms with Crippen LogP contribution in [0.2, 0.25) is 0 Å². The third-order valence-electron chi connectivity index (χ3n) is 4.16. The molecule has 3 aliphatic heterocycles. The number of nitrogens with one attached hydrogen (secondary N) is 2. The van der Waals surface area contributed by atoms with Crippen molar-refractivity contribution in [3.8, 4) is 0 Å². The number of urea groups is 2. The number of hydrogen-bond donors (Lipinski definition) is 3. The summed E-state index contributed by atoms with van der Waals surface area (Å²) < 4.78 is 0. The van der Waals surface area contributed by atoms with Crippen LogP contribution in [0.1, 0.15) is 20.8 Å². The average molecular weight is 284 g/mol. The Morgan fingerprint density at radius 1 is 1.30 bits per heavy atom. The van der Waals surface area contributed by atoms with E-state index in [0.29, 0.717) is 19.9 Å². The van der Waals surface area contributed by atoms with Crippen LogP contribution in [0, 0.1) is 0 Å². The lowest BCUT2D eigenvalue weighted by atomic mass is 10.1. The number of aliphatic hydroxyl groups excluding tert-OH is 1. The second-order valence-electron chi connectivity index (χ2n) is 6.61. The van der Waals surface area contributed by atoms with Gasteiger partial charge < -0.3 is 10.4 Å². The van der Waals surface area contributed by atoms with Gasteiger partial charge in [0.05, 0.1) is 6.61 Å². The molecule has 0 aromatic carbocycles. The number of carbonyl (C=O) groups excluding carboxylic acids is 2. The van der Waals surface area contributed by atoms with E-state index in [1.165, 1.54) is 0 Å². The van der Waals surface area contributed by atoms with Crippen molar-refractivity contribution < 1.29 is 19.6 Å². The summed E-state index contributed by atoms with van der Waals surface area (Å²) in [4.78, 5) is 30.9. The normalized spacial score (nSPS) is 32.8. The van der Waals surface area contributed by atoms with E-state index in [1.807, 2.05) is 20.8 Å². The summed E-state index contributed by atoms with van der Waals surface area (Å²) in [7, 11) is 0. The monoisotopic (exact) mass is 284 g/mol. The lowest BCUT2D eigenvalue weighted by Crippen LogP contribution is -3.17. The van der Waals surface area contributed by atoms with Crippen molar-refractivity contribution in [2.45, 2.75) is 38.6 Å². The van der Waals surface area contributed by atoms with E-state index >= 15 is 0 Å². The van der Waals surface area contributed by atoms with Gasteiger partial charge in [0, 0.05) is 5.54 Å². The maximum absolute atomic E-state index is 12.6. The highest BCUT2D eigenvalue weighted by Gasteiger charge is 2.61. The molecule has 3 rings (SSSR count). The van der Waals surface area contributed by atoms with Gasteiger partial charge in [0.25, 0.3) is 0 Å². The van der Waals surface area contributed by atoms with Crippen LogP contribution in [-0.2, 0) is 0 Å². The van der Waals surface area contributed by atoms with Crippen LogP contribution in [0.3, 0.4) is 0 Å². The Kier molecular flexibility index (Phi) is 2.84. The van der Waals surface area contributed by atoms with E-state index in [0.717, 1.165) is 4.90 Å². The van der Waals surface area contributed by atoms with Gasteiger partial charge in [-0.2, -0.15) is 0 Å². The molecule has 3 saturated heterocycles. The predicted octanol–water partition coefficient (Wildman–Crippen LogP) is -1.99. The van der Waals surface area contributed by atoms with Gasteiger partial charge in [-0.3, -0.25) is 19.6 Å². The summed E-state index contributed by atoms with van der Waals surface area (Å²) >= 11 is 0. The fourth-order valence-corrected chi connectivity index (χ4v) is 3.36. The highest BCUT2D eigenvalue weighted by Crippen LogP contribution is 2.33. The van der Waals surface area contributed by atoms with Crippen LogP contribution in [0.4, 0.5) is 9.59 Å². The van der Waals surface area contributed by atoms with Crippen molar-refractivity contribution in [1.29, 1.82) is 0 Å². The van der Waals surface area contributed by atoms with E-state index in [-0.39, 0.29) is 36.5 Å². The van der Waals surface area contributed by atoms with E-state index in [2.05, 4.69) is 5.32 Å². The number of amides is 4. The van der Waals surface area contributed by atoms with Crippen LogP contribution in [0.15, 0.2) is 0 Å². The minimum absolute atomic E-state index is 0.0455. The molecule has 3 heterocycles. The molecular formula is C12H22N5O3+. The standard InChI is InChI=1S/C12H21N5O3/c1-12(2,3)17-8-9-15(10(19)13-8)6-14(4-5-18)7-16(9)11(17)20/h8-9,18H,4-7H2,1-3H3,(H,13,19)/p+1/t8-,9+/m1/s1. The van der Waals surface area contributed by atoms with E-state index in [4.69, 9.17) is 5.11 Å². The molecule has 3 N–H and O–H groups in total. The fourth-order valence-electron chi connectivity index (χ4n) is 3.36. The number of aliphatic hydroxyl groups is 1. The maximum Gasteiger partial charge on any atom is 0.328 e. The van der Waals surface area contributed by atoms with Crippen LogP contribution in [-0.4, -0.2) is 76.2 Å². The Labute approximate surface area is 117 Å². The van der Waals surface area contributed by atoms with Crippen molar-refractivity contribution in [2.24, 2.45) is 0 Å². The molecule has 0 bridgehead atoms. The molecule has 0 aromatic heterocycles. The van der Waals surface area contributed by atoms with Gasteiger partial charge in [0.1, 0.15) is 12.7 Å². The number of quaternary nitrogens is 1. The number of nitrogens with zero attached hydrogens (tertiary/aromatic N) is 3. The van der Waals surface area contributed by atoms with Crippen molar-refractivity contribution >= 4 is 12.1 Å². The molecule has 1 unspecified atom stereocenters. The van der Waals surface area contributed by atoms with E-state index in [9.17, 15) is 9.59 Å². The first-order valence-corrected chi connectivity index (χ1v) is 6.96. The molecule has 3 fully saturated rings. The summed E-state index contributed by atoms with van der Waals surface area (Å²) in [5.74, 6) is 0. The van der Waals surface area contributed by atoms with Gasteiger partial charge in [-0.05, 0) is 20.8 Å². The van der Waals surface area contributed by atoms with Gasteiger partial charge in [0.15, 0.2) is 19.5 Å². The second kappa shape index (κ2) is 4.23. The molecule has 3 atom stereocenters. The lowest BCUT2D eigenvalue weighted by molar-refractivity contribution is -0.926. The zero-order valence-electron chi connectivity index (χ0n) is 12.1. The number of carbonyl (C=O) groups is 2. The first-order valence-electron chi connectivity index (χ1n) is 6.96. The van der Waals surface area contributed by atoms with Gasteiger partial charge in [-0.1, -0.05) is 0 Å². The highest BCUT2D eigenvalue weighted by molar-refractivity contribution is 5.85. The molecule has 112 valence electrons. The lowest BCUT2D eigenvalue weighted by Gasteiger charge is -2.38. The Hall–Kier alpha value is -1.54. The predicted molar refractivity (Wildman–Crippen MR) is 69.4 cm³/mol. The van der Waals surface area contributed by atoms with Crippen LogP contribution < -0.4 is 10.2 Å². The van der Waals surface area contributed by atoms with Crippen molar-refractivity contribution in [3.05, 3.63) is 0 Å². The van der Waals surface area contributed by atoms with E-state index < -0.39 is 0 Å². The third kappa shape index (κ3) is 1.75. The molecule has 8 heteroatoms. The summed E-state index contributed by atoms with van der Waals surface area (Å²) in [5, 5.41) is 12.0. The second-order valence-corrected chi connectivity index (χ2v) is 6.61. The van der Waals surface area contributed by atoms with Crippen molar-refractivity contribution in [1.82, 2.24) is 20.0 Å². The van der Waals surface area contributed by atoms with Crippen LogP contribution in [0.5, 0.6) is 0 Å². The Bertz CT molecular complexity index is 449. The van der Waals surface area contributed by atoms with Crippen LogP contribution in [0.25, 0.3) is 0 Å². The summed E-state index contributed by atoms with van der Waals surface area (Å²) in [5.41, 5.74) is -0.348. The summed E-state index contributed by atoms with van der Waals surface area (Å²) in [6.07, 6.45) is -0.512. The van der Waals surface area contributed by atoms with Gasteiger partial charge in [-0.25, -0.2) is 9.59 Å². The van der Waals surface area contributed by atoms with Gasteiger partial charge in [0.2, 0.25) is 0 Å². The smallest absolute Gasteiger partial charge is 0.328 e.